The average Bonchev–Trinajstić information content (AvgIpc) is 3.15. The third-order valence-electron chi connectivity index (χ3n) is 4.15. The van der Waals surface area contributed by atoms with E-state index in [4.69, 9.17) is 4.74 Å². The van der Waals surface area contributed by atoms with E-state index in [1.165, 1.54) is 0 Å². The summed E-state index contributed by atoms with van der Waals surface area (Å²) in [6.07, 6.45) is 1.78. The zero-order valence-electron chi connectivity index (χ0n) is 14.3. The van der Waals surface area contributed by atoms with E-state index in [0.29, 0.717) is 6.54 Å². The Labute approximate surface area is 147 Å². The second-order valence-electron chi connectivity index (χ2n) is 5.82. The van der Waals surface area contributed by atoms with Crippen LogP contribution in [0, 0.1) is 0 Å². The molecule has 25 heavy (non-hydrogen) atoms. The first kappa shape index (κ1) is 16.8. The van der Waals surface area contributed by atoms with Gasteiger partial charge in [0.1, 0.15) is 11.6 Å². The van der Waals surface area contributed by atoms with Gasteiger partial charge < -0.3 is 15.0 Å². The Morgan fingerprint density at radius 1 is 1.16 bits per heavy atom. The van der Waals surface area contributed by atoms with Crippen molar-refractivity contribution < 1.29 is 9.53 Å². The molecule has 0 saturated carbocycles. The monoisotopic (exact) mass is 335 g/mol. The number of amides is 1. The molecule has 0 spiro atoms. The molecule has 1 heterocycles. The molecular weight excluding hydrogens is 314 g/mol. The largest absolute Gasteiger partial charge is 0.497 e. The second-order valence-corrected chi connectivity index (χ2v) is 5.82. The lowest BCUT2D eigenvalue weighted by Gasteiger charge is -2.12. The Balaban J connectivity index is 1.59. The van der Waals surface area contributed by atoms with Crippen LogP contribution in [0.3, 0.4) is 0 Å². The van der Waals surface area contributed by atoms with Crippen molar-refractivity contribution >= 4 is 5.91 Å². The first-order chi connectivity index (χ1) is 12.2. The molecule has 0 aliphatic carbocycles. The van der Waals surface area contributed by atoms with E-state index in [1.54, 1.807) is 13.3 Å². The summed E-state index contributed by atoms with van der Waals surface area (Å²) in [6.45, 7) is 2.25. The van der Waals surface area contributed by atoms with Gasteiger partial charge in [-0.2, -0.15) is 0 Å². The number of aromatic nitrogens is 2. The molecule has 0 aliphatic heterocycles. The lowest BCUT2D eigenvalue weighted by molar-refractivity contribution is -0.122. The Morgan fingerprint density at radius 2 is 1.88 bits per heavy atom. The van der Waals surface area contributed by atoms with E-state index in [9.17, 15) is 4.79 Å². The molecule has 0 bridgehead atoms. The highest BCUT2D eigenvalue weighted by Gasteiger charge is 2.15. The van der Waals surface area contributed by atoms with Gasteiger partial charge in [-0.25, -0.2) is 4.98 Å². The summed E-state index contributed by atoms with van der Waals surface area (Å²) in [5.74, 6) is 1.23. The number of aromatic amines is 1. The van der Waals surface area contributed by atoms with Crippen molar-refractivity contribution in [3.8, 4) is 17.0 Å². The molecule has 0 aliphatic rings. The Bertz CT molecular complexity index is 826. The number of carbonyl (C=O) groups excluding carboxylic acids is 1. The number of nitrogens with one attached hydrogen (secondary N) is 2. The fraction of sp³-hybridized carbons (Fsp3) is 0.200. The van der Waals surface area contributed by atoms with Crippen LogP contribution in [0.1, 0.15) is 24.2 Å². The van der Waals surface area contributed by atoms with Crippen molar-refractivity contribution in [2.45, 2.75) is 19.4 Å². The van der Waals surface area contributed by atoms with Crippen LogP contribution in [0.15, 0.2) is 60.8 Å². The summed E-state index contributed by atoms with van der Waals surface area (Å²) >= 11 is 0. The van der Waals surface area contributed by atoms with E-state index < -0.39 is 0 Å². The molecular formula is C20H21N3O2. The number of rotatable bonds is 6. The maximum atomic E-state index is 12.4. The molecule has 1 aromatic heterocycles. The molecule has 2 aromatic carbocycles. The highest BCUT2D eigenvalue weighted by atomic mass is 16.5. The van der Waals surface area contributed by atoms with Gasteiger partial charge in [0.15, 0.2) is 0 Å². The van der Waals surface area contributed by atoms with Crippen LogP contribution in [0.4, 0.5) is 0 Å². The predicted molar refractivity (Wildman–Crippen MR) is 97.3 cm³/mol. The van der Waals surface area contributed by atoms with Gasteiger partial charge in [-0.3, -0.25) is 4.79 Å². The zero-order chi connectivity index (χ0) is 17.6. The topological polar surface area (TPSA) is 67.0 Å². The lowest BCUT2D eigenvalue weighted by atomic mass is 10.0. The van der Waals surface area contributed by atoms with Crippen molar-refractivity contribution in [1.82, 2.24) is 15.3 Å². The summed E-state index contributed by atoms with van der Waals surface area (Å²) in [5, 5.41) is 2.93. The lowest BCUT2D eigenvalue weighted by Crippen LogP contribution is -2.27. The van der Waals surface area contributed by atoms with Gasteiger partial charge in [-0.1, -0.05) is 42.5 Å². The Kier molecular flexibility index (Phi) is 5.14. The minimum Gasteiger partial charge on any atom is -0.497 e. The molecule has 2 N–H and O–H groups in total. The predicted octanol–water partition coefficient (Wildman–Crippen LogP) is 3.51. The van der Waals surface area contributed by atoms with Crippen LogP contribution < -0.4 is 10.1 Å². The number of imidazole rings is 1. The standard InChI is InChI=1S/C20H21N3O2/c1-14(15-8-10-17(25-2)11-9-15)20(24)22-13-19-21-12-18(23-19)16-6-4-3-5-7-16/h3-12,14H,13H2,1-2H3,(H,21,23)(H,22,24)/t14-/m1/s1. The molecule has 0 unspecified atom stereocenters. The van der Waals surface area contributed by atoms with Gasteiger partial charge in [0, 0.05) is 0 Å². The number of nitrogens with zero attached hydrogens (tertiary/aromatic N) is 1. The fourth-order valence-corrected chi connectivity index (χ4v) is 2.58. The molecule has 0 radical (unpaired) electrons. The van der Waals surface area contributed by atoms with Crippen molar-refractivity contribution in [2.75, 3.05) is 7.11 Å². The Morgan fingerprint density at radius 3 is 2.56 bits per heavy atom. The second kappa shape index (κ2) is 7.66. The Hall–Kier alpha value is -3.08. The maximum Gasteiger partial charge on any atom is 0.227 e. The summed E-state index contributed by atoms with van der Waals surface area (Å²) in [5.41, 5.74) is 2.95. The normalized spacial score (nSPS) is 11.8. The minimum atomic E-state index is -0.241. The number of ether oxygens (including phenoxy) is 1. The van der Waals surface area contributed by atoms with Gasteiger partial charge in [-0.05, 0) is 30.2 Å². The third-order valence-corrected chi connectivity index (χ3v) is 4.15. The van der Waals surface area contributed by atoms with Gasteiger partial charge >= 0.3 is 0 Å². The molecule has 5 heteroatoms. The van der Waals surface area contributed by atoms with Crippen molar-refractivity contribution in [3.05, 3.63) is 72.2 Å². The van der Waals surface area contributed by atoms with Crippen LogP contribution >= 0.6 is 0 Å². The van der Waals surface area contributed by atoms with Crippen molar-refractivity contribution in [2.24, 2.45) is 0 Å². The van der Waals surface area contributed by atoms with Gasteiger partial charge in [0.25, 0.3) is 0 Å². The summed E-state index contributed by atoms with van der Waals surface area (Å²) < 4.78 is 5.14. The van der Waals surface area contributed by atoms with Crippen LogP contribution in [0.25, 0.3) is 11.3 Å². The van der Waals surface area contributed by atoms with Crippen molar-refractivity contribution in [3.63, 3.8) is 0 Å². The van der Waals surface area contributed by atoms with Gasteiger partial charge in [0.2, 0.25) is 5.91 Å². The number of H-pyrrole nitrogens is 1. The number of benzene rings is 2. The zero-order valence-corrected chi connectivity index (χ0v) is 14.3. The van der Waals surface area contributed by atoms with Crippen LogP contribution in [-0.2, 0) is 11.3 Å². The molecule has 1 amide bonds. The van der Waals surface area contributed by atoms with E-state index in [2.05, 4.69) is 15.3 Å². The van der Waals surface area contributed by atoms with Crippen LogP contribution in [-0.4, -0.2) is 23.0 Å². The SMILES string of the molecule is COc1ccc([C@@H](C)C(=O)NCc2ncc(-c3ccccc3)[nH]2)cc1. The molecule has 0 fully saturated rings. The highest BCUT2D eigenvalue weighted by molar-refractivity contribution is 5.83. The number of carbonyl (C=O) groups is 1. The maximum absolute atomic E-state index is 12.4. The molecule has 128 valence electrons. The van der Waals surface area contributed by atoms with Crippen molar-refractivity contribution in [1.29, 1.82) is 0 Å². The minimum absolute atomic E-state index is 0.0390. The smallest absolute Gasteiger partial charge is 0.227 e. The molecule has 0 saturated heterocycles. The van der Waals surface area contributed by atoms with Crippen LogP contribution in [0.2, 0.25) is 0 Å². The van der Waals surface area contributed by atoms with E-state index in [0.717, 1.165) is 28.4 Å². The van der Waals surface area contributed by atoms with E-state index >= 15 is 0 Å². The number of hydrogen-bond donors (Lipinski definition) is 2. The number of hydrogen-bond acceptors (Lipinski definition) is 3. The first-order valence-corrected chi connectivity index (χ1v) is 8.18. The average molecular weight is 335 g/mol. The van der Waals surface area contributed by atoms with Gasteiger partial charge in [0.05, 0.1) is 31.5 Å². The summed E-state index contributed by atoms with van der Waals surface area (Å²) in [7, 11) is 1.62. The summed E-state index contributed by atoms with van der Waals surface area (Å²) in [6, 6.07) is 17.5. The molecule has 3 aromatic rings. The molecule has 3 rings (SSSR count). The number of methoxy groups -OCH3 is 1. The third kappa shape index (κ3) is 4.07. The van der Waals surface area contributed by atoms with Crippen LogP contribution in [0.5, 0.6) is 5.75 Å². The van der Waals surface area contributed by atoms with E-state index in [-0.39, 0.29) is 11.8 Å². The fourth-order valence-electron chi connectivity index (χ4n) is 2.58. The molecule has 5 nitrogen and oxygen atoms in total. The first-order valence-electron chi connectivity index (χ1n) is 8.18. The summed E-state index contributed by atoms with van der Waals surface area (Å²) in [4.78, 5) is 19.9. The molecule has 1 atom stereocenters. The highest BCUT2D eigenvalue weighted by Crippen LogP contribution is 2.20. The van der Waals surface area contributed by atoms with E-state index in [1.807, 2.05) is 61.5 Å². The quantitative estimate of drug-likeness (QED) is 0.724. The van der Waals surface area contributed by atoms with Gasteiger partial charge in [-0.15, -0.1) is 0 Å².